The quantitative estimate of drug-likeness (QED) is 0.702. The average molecular weight is 363 g/mol. The van der Waals surface area contributed by atoms with Gasteiger partial charge in [-0.1, -0.05) is 11.2 Å². The van der Waals surface area contributed by atoms with Gasteiger partial charge in [0, 0.05) is 54.4 Å². The van der Waals surface area contributed by atoms with Crippen molar-refractivity contribution in [1.29, 1.82) is 0 Å². The van der Waals surface area contributed by atoms with Crippen molar-refractivity contribution in [1.82, 2.24) is 25.0 Å². The molecule has 1 atom stereocenters. The van der Waals surface area contributed by atoms with Crippen molar-refractivity contribution < 1.29 is 4.52 Å². The van der Waals surface area contributed by atoms with Gasteiger partial charge >= 0.3 is 0 Å². The Bertz CT molecular complexity index is 882. The van der Waals surface area contributed by atoms with Crippen LogP contribution in [0.2, 0.25) is 0 Å². The lowest BCUT2D eigenvalue weighted by Crippen LogP contribution is -2.34. The molecule has 0 saturated carbocycles. The van der Waals surface area contributed by atoms with Gasteiger partial charge in [0.1, 0.15) is 5.76 Å². The molecule has 0 unspecified atom stereocenters. The van der Waals surface area contributed by atoms with Gasteiger partial charge in [0.05, 0.1) is 17.1 Å². The van der Waals surface area contributed by atoms with Crippen LogP contribution in [-0.4, -0.2) is 38.1 Å². The zero-order valence-electron chi connectivity index (χ0n) is 16.1. The lowest BCUT2D eigenvalue weighted by atomic mass is 9.93. The molecule has 0 spiro atoms. The van der Waals surface area contributed by atoms with Crippen LogP contribution in [0.25, 0.3) is 11.1 Å². The highest BCUT2D eigenvalue weighted by atomic mass is 16.5. The summed E-state index contributed by atoms with van der Waals surface area (Å²) in [5, 5.41) is 4.04. The average Bonchev–Trinajstić information content (AvgIpc) is 3.02. The predicted octanol–water partition coefficient (Wildman–Crippen LogP) is 3.83. The number of piperidine rings is 1. The lowest BCUT2D eigenvalue weighted by molar-refractivity contribution is 0.196. The number of aromatic nitrogens is 4. The molecule has 0 radical (unpaired) electrons. The first-order valence-corrected chi connectivity index (χ1v) is 9.49. The van der Waals surface area contributed by atoms with Crippen LogP contribution in [0.1, 0.15) is 47.3 Å². The van der Waals surface area contributed by atoms with E-state index in [1.807, 2.05) is 39.4 Å². The fraction of sp³-hybridized carbons (Fsp3) is 0.429. The van der Waals surface area contributed by atoms with E-state index in [0.717, 1.165) is 59.3 Å². The molecule has 0 aromatic carbocycles. The molecular formula is C21H25N5O. The topological polar surface area (TPSA) is 67.9 Å². The number of pyridine rings is 1. The SMILES string of the molecule is Cc1cnc(CN2CCC[C@@H](c3ccc(-c4c(C)noc4C)cn3)C2)cn1. The van der Waals surface area contributed by atoms with Crippen LogP contribution < -0.4 is 0 Å². The molecule has 3 aromatic rings. The monoisotopic (exact) mass is 363 g/mol. The maximum absolute atomic E-state index is 5.28. The Kier molecular flexibility index (Phi) is 4.99. The molecule has 0 aliphatic carbocycles. The zero-order chi connectivity index (χ0) is 18.8. The second kappa shape index (κ2) is 7.56. The van der Waals surface area contributed by atoms with Gasteiger partial charge in [0.15, 0.2) is 0 Å². The van der Waals surface area contributed by atoms with E-state index in [1.165, 1.54) is 12.8 Å². The minimum Gasteiger partial charge on any atom is -0.361 e. The maximum Gasteiger partial charge on any atom is 0.141 e. The van der Waals surface area contributed by atoms with Crippen molar-refractivity contribution in [2.75, 3.05) is 13.1 Å². The van der Waals surface area contributed by atoms with E-state index in [1.54, 1.807) is 0 Å². The molecule has 1 aliphatic heterocycles. The standard InChI is InChI=1S/C21H25N5O/c1-14-9-23-19(11-22-14)13-26-8-4-5-18(12-26)20-7-6-17(10-24-20)21-15(2)25-27-16(21)3/h6-7,9-11,18H,4-5,8,12-13H2,1-3H3/t18-/m1/s1. The van der Waals surface area contributed by atoms with Crippen molar-refractivity contribution in [2.45, 2.75) is 46.1 Å². The highest BCUT2D eigenvalue weighted by Gasteiger charge is 2.23. The van der Waals surface area contributed by atoms with E-state index in [-0.39, 0.29) is 0 Å². The molecule has 0 N–H and O–H groups in total. The van der Waals surface area contributed by atoms with Gasteiger partial charge in [-0.2, -0.15) is 0 Å². The molecule has 1 fully saturated rings. The number of rotatable bonds is 4. The number of hydrogen-bond donors (Lipinski definition) is 0. The highest BCUT2D eigenvalue weighted by molar-refractivity contribution is 5.66. The fourth-order valence-electron chi connectivity index (χ4n) is 3.86. The largest absolute Gasteiger partial charge is 0.361 e. The van der Waals surface area contributed by atoms with Crippen molar-refractivity contribution in [2.24, 2.45) is 0 Å². The summed E-state index contributed by atoms with van der Waals surface area (Å²) >= 11 is 0. The highest BCUT2D eigenvalue weighted by Crippen LogP contribution is 2.30. The van der Waals surface area contributed by atoms with Crippen LogP contribution in [-0.2, 0) is 6.54 Å². The summed E-state index contributed by atoms with van der Waals surface area (Å²) in [7, 11) is 0. The van der Waals surface area contributed by atoms with E-state index in [4.69, 9.17) is 9.51 Å². The van der Waals surface area contributed by atoms with Gasteiger partial charge in [-0.25, -0.2) is 0 Å². The third-order valence-electron chi connectivity index (χ3n) is 5.25. The van der Waals surface area contributed by atoms with Gasteiger partial charge in [0.25, 0.3) is 0 Å². The number of nitrogens with zero attached hydrogens (tertiary/aromatic N) is 5. The third kappa shape index (κ3) is 3.90. The molecule has 27 heavy (non-hydrogen) atoms. The molecule has 0 bridgehead atoms. The van der Waals surface area contributed by atoms with Crippen molar-refractivity contribution in [3.63, 3.8) is 0 Å². The van der Waals surface area contributed by atoms with E-state index in [2.05, 4.69) is 32.2 Å². The summed E-state index contributed by atoms with van der Waals surface area (Å²) in [5.41, 5.74) is 6.17. The van der Waals surface area contributed by atoms with Gasteiger partial charge in [-0.05, 0) is 46.2 Å². The van der Waals surface area contributed by atoms with Crippen LogP contribution in [0.15, 0.2) is 35.2 Å². The van der Waals surface area contributed by atoms with E-state index in [9.17, 15) is 0 Å². The number of aryl methyl sites for hydroxylation is 3. The second-order valence-corrected chi connectivity index (χ2v) is 7.39. The first-order chi connectivity index (χ1) is 13.1. The molecular weight excluding hydrogens is 338 g/mol. The molecule has 6 heteroatoms. The molecule has 4 rings (SSSR count). The van der Waals surface area contributed by atoms with Gasteiger partial charge in [0.2, 0.25) is 0 Å². The van der Waals surface area contributed by atoms with Crippen LogP contribution in [0.5, 0.6) is 0 Å². The molecule has 1 saturated heterocycles. The summed E-state index contributed by atoms with van der Waals surface area (Å²) in [6.07, 6.45) is 8.03. The Balaban J connectivity index is 1.46. The van der Waals surface area contributed by atoms with Gasteiger partial charge in [-0.3, -0.25) is 19.9 Å². The van der Waals surface area contributed by atoms with Gasteiger partial charge in [-0.15, -0.1) is 0 Å². The Morgan fingerprint density at radius 1 is 1.07 bits per heavy atom. The third-order valence-corrected chi connectivity index (χ3v) is 5.25. The number of likely N-dealkylation sites (tertiary alicyclic amines) is 1. The van der Waals surface area contributed by atoms with E-state index < -0.39 is 0 Å². The summed E-state index contributed by atoms with van der Waals surface area (Å²) in [5.74, 6) is 1.29. The fourth-order valence-corrected chi connectivity index (χ4v) is 3.86. The summed E-state index contributed by atoms with van der Waals surface area (Å²) in [4.78, 5) is 16.1. The Labute approximate surface area is 159 Å². The van der Waals surface area contributed by atoms with Crippen LogP contribution >= 0.6 is 0 Å². The maximum atomic E-state index is 5.28. The van der Waals surface area contributed by atoms with Crippen LogP contribution in [0, 0.1) is 20.8 Å². The first kappa shape index (κ1) is 17.8. The molecule has 140 valence electrons. The summed E-state index contributed by atoms with van der Waals surface area (Å²) in [6, 6.07) is 4.29. The molecule has 1 aliphatic rings. The Morgan fingerprint density at radius 2 is 1.96 bits per heavy atom. The second-order valence-electron chi connectivity index (χ2n) is 7.39. The molecule has 3 aromatic heterocycles. The van der Waals surface area contributed by atoms with Crippen LogP contribution in [0.4, 0.5) is 0 Å². The Morgan fingerprint density at radius 3 is 2.63 bits per heavy atom. The summed E-state index contributed by atoms with van der Waals surface area (Å²) < 4.78 is 5.28. The van der Waals surface area contributed by atoms with Crippen LogP contribution in [0.3, 0.4) is 0 Å². The zero-order valence-corrected chi connectivity index (χ0v) is 16.1. The Hall–Kier alpha value is -2.60. The van der Waals surface area contributed by atoms with E-state index in [0.29, 0.717) is 5.92 Å². The number of hydrogen-bond acceptors (Lipinski definition) is 6. The van der Waals surface area contributed by atoms with Crippen molar-refractivity contribution in [3.8, 4) is 11.1 Å². The normalized spacial score (nSPS) is 18.0. The van der Waals surface area contributed by atoms with Gasteiger partial charge < -0.3 is 4.52 Å². The van der Waals surface area contributed by atoms with Crippen molar-refractivity contribution in [3.05, 3.63) is 59.3 Å². The smallest absolute Gasteiger partial charge is 0.141 e. The lowest BCUT2D eigenvalue weighted by Gasteiger charge is -2.32. The summed E-state index contributed by atoms with van der Waals surface area (Å²) in [6.45, 7) is 8.83. The predicted molar refractivity (Wildman–Crippen MR) is 103 cm³/mol. The molecule has 4 heterocycles. The first-order valence-electron chi connectivity index (χ1n) is 9.49. The van der Waals surface area contributed by atoms with Crippen molar-refractivity contribution >= 4 is 0 Å². The minimum atomic E-state index is 0.455. The van der Waals surface area contributed by atoms with E-state index >= 15 is 0 Å². The molecule has 0 amide bonds. The molecule has 6 nitrogen and oxygen atoms in total. The minimum absolute atomic E-state index is 0.455.